The molecule has 15 heavy (non-hydrogen) atoms. The zero-order valence-corrected chi connectivity index (χ0v) is 9.00. The lowest BCUT2D eigenvalue weighted by atomic mass is 10.00. The molecule has 0 aliphatic carbocycles. The zero-order valence-electron chi connectivity index (χ0n) is 8.10. The van der Waals surface area contributed by atoms with Crippen LogP contribution in [0.2, 0.25) is 0 Å². The number of carbonyl (C=O) groups is 1. The third-order valence-corrected chi connectivity index (χ3v) is 2.64. The first-order valence-electron chi connectivity index (χ1n) is 4.60. The lowest BCUT2D eigenvalue weighted by Gasteiger charge is -2.05. The van der Waals surface area contributed by atoms with Crippen LogP contribution in [-0.4, -0.2) is 5.12 Å². The molecule has 1 nitrogen and oxygen atoms in total. The Morgan fingerprint density at radius 2 is 1.73 bits per heavy atom. The fraction of sp³-hybridized carbons (Fsp3) is 0. The first-order valence-corrected chi connectivity index (χ1v) is 5.05. The van der Waals surface area contributed by atoms with Crippen LogP contribution in [0.25, 0.3) is 16.3 Å². The molecule has 0 aliphatic rings. The summed E-state index contributed by atoms with van der Waals surface area (Å²) in [7, 11) is 0. The second-order valence-corrected chi connectivity index (χ2v) is 3.72. The minimum absolute atomic E-state index is 0.286. The van der Waals surface area contributed by atoms with Crippen LogP contribution in [0.5, 0.6) is 0 Å². The van der Waals surface area contributed by atoms with E-state index < -0.39 is 0 Å². The Kier molecular flexibility index (Phi) is 2.60. The summed E-state index contributed by atoms with van der Waals surface area (Å²) in [6.45, 7) is 3.75. The molecule has 74 valence electrons. The van der Waals surface area contributed by atoms with Gasteiger partial charge in [0, 0.05) is 5.57 Å². The van der Waals surface area contributed by atoms with Crippen LogP contribution in [-0.2, 0) is 4.79 Å². The maximum Gasteiger partial charge on any atom is 0.216 e. The predicted molar refractivity (Wildman–Crippen MR) is 67.0 cm³/mol. The van der Waals surface area contributed by atoms with Gasteiger partial charge in [-0.15, -0.1) is 12.6 Å². The highest BCUT2D eigenvalue weighted by atomic mass is 32.1. The van der Waals surface area contributed by atoms with Crippen LogP contribution in [0.1, 0.15) is 5.56 Å². The van der Waals surface area contributed by atoms with Gasteiger partial charge in [0.2, 0.25) is 5.12 Å². The first kappa shape index (κ1) is 9.99. The third kappa shape index (κ3) is 1.81. The van der Waals surface area contributed by atoms with Crippen molar-refractivity contribution in [1.29, 1.82) is 0 Å². The van der Waals surface area contributed by atoms with E-state index in [1.165, 1.54) is 0 Å². The average molecular weight is 214 g/mol. The lowest BCUT2D eigenvalue weighted by molar-refractivity contribution is -0.106. The molecule has 0 unspecified atom stereocenters. The Morgan fingerprint density at radius 1 is 1.07 bits per heavy atom. The van der Waals surface area contributed by atoms with E-state index in [1.807, 2.05) is 42.5 Å². The van der Waals surface area contributed by atoms with Crippen molar-refractivity contribution in [3.63, 3.8) is 0 Å². The van der Waals surface area contributed by atoms with Gasteiger partial charge >= 0.3 is 0 Å². The van der Waals surface area contributed by atoms with Gasteiger partial charge in [0.05, 0.1) is 0 Å². The van der Waals surface area contributed by atoms with Crippen molar-refractivity contribution in [2.75, 3.05) is 0 Å². The molecule has 0 saturated carbocycles. The Hall–Kier alpha value is -1.54. The van der Waals surface area contributed by atoms with Crippen LogP contribution in [0, 0.1) is 0 Å². The van der Waals surface area contributed by atoms with Crippen molar-refractivity contribution >= 4 is 34.1 Å². The maximum atomic E-state index is 11.2. The predicted octanol–water partition coefficient (Wildman–Crippen LogP) is 3.31. The topological polar surface area (TPSA) is 17.1 Å². The van der Waals surface area contributed by atoms with Gasteiger partial charge in [-0.05, 0) is 16.3 Å². The van der Waals surface area contributed by atoms with E-state index in [1.54, 1.807) is 0 Å². The van der Waals surface area contributed by atoms with Crippen molar-refractivity contribution in [2.45, 2.75) is 0 Å². The number of thiol groups is 1. The molecular weight excluding hydrogens is 204 g/mol. The number of hydrogen-bond acceptors (Lipinski definition) is 1. The Labute approximate surface area is 93.8 Å². The van der Waals surface area contributed by atoms with Gasteiger partial charge in [0.15, 0.2) is 0 Å². The van der Waals surface area contributed by atoms with Gasteiger partial charge in [0.25, 0.3) is 0 Å². The molecule has 0 radical (unpaired) electrons. The SMILES string of the molecule is C=C(C(=O)S)c1cccc2ccccc12. The monoisotopic (exact) mass is 214 g/mol. The molecule has 0 saturated heterocycles. The van der Waals surface area contributed by atoms with E-state index in [2.05, 4.69) is 19.2 Å². The second-order valence-electron chi connectivity index (χ2n) is 3.31. The quantitative estimate of drug-likeness (QED) is 0.599. The van der Waals surface area contributed by atoms with Gasteiger partial charge in [-0.2, -0.15) is 0 Å². The van der Waals surface area contributed by atoms with E-state index in [0.29, 0.717) is 5.57 Å². The minimum atomic E-state index is -0.286. The van der Waals surface area contributed by atoms with Gasteiger partial charge in [-0.3, -0.25) is 4.79 Å². The minimum Gasteiger partial charge on any atom is -0.282 e. The summed E-state index contributed by atoms with van der Waals surface area (Å²) < 4.78 is 0. The first-order chi connectivity index (χ1) is 7.20. The molecule has 0 aromatic heterocycles. The van der Waals surface area contributed by atoms with Crippen LogP contribution < -0.4 is 0 Å². The van der Waals surface area contributed by atoms with Crippen molar-refractivity contribution < 1.29 is 4.79 Å². The van der Waals surface area contributed by atoms with Crippen molar-refractivity contribution in [3.05, 3.63) is 54.6 Å². The fourth-order valence-corrected chi connectivity index (χ4v) is 1.72. The maximum absolute atomic E-state index is 11.2. The fourth-order valence-electron chi connectivity index (χ4n) is 1.60. The molecule has 0 aliphatic heterocycles. The van der Waals surface area contributed by atoms with Crippen molar-refractivity contribution in [1.82, 2.24) is 0 Å². The number of hydrogen-bond donors (Lipinski definition) is 1. The standard InChI is InChI=1S/C13H10OS/c1-9(13(14)15)11-8-4-6-10-5-2-3-7-12(10)11/h2-8H,1H2,(H,14,15). The molecule has 2 heteroatoms. The molecule has 0 fully saturated rings. The molecule has 2 aromatic rings. The van der Waals surface area contributed by atoms with Crippen LogP contribution in [0.4, 0.5) is 0 Å². The Balaban J connectivity index is 2.71. The van der Waals surface area contributed by atoms with E-state index in [4.69, 9.17) is 0 Å². The molecule has 0 atom stereocenters. The van der Waals surface area contributed by atoms with E-state index in [0.717, 1.165) is 16.3 Å². The van der Waals surface area contributed by atoms with E-state index in [-0.39, 0.29) is 5.12 Å². The molecule has 0 amide bonds. The van der Waals surface area contributed by atoms with Gasteiger partial charge < -0.3 is 0 Å². The van der Waals surface area contributed by atoms with Gasteiger partial charge in [-0.1, -0.05) is 49.0 Å². The average Bonchev–Trinajstić information content (AvgIpc) is 2.27. The normalized spacial score (nSPS) is 10.2. The number of fused-ring (bicyclic) bond motifs is 1. The molecule has 0 heterocycles. The highest BCUT2D eigenvalue weighted by Gasteiger charge is 2.07. The molecular formula is C13H10OS. The molecule has 2 rings (SSSR count). The molecule has 0 spiro atoms. The smallest absolute Gasteiger partial charge is 0.216 e. The highest BCUT2D eigenvalue weighted by molar-refractivity contribution is 7.98. The highest BCUT2D eigenvalue weighted by Crippen LogP contribution is 2.25. The van der Waals surface area contributed by atoms with Crippen LogP contribution in [0.15, 0.2) is 49.0 Å². The van der Waals surface area contributed by atoms with E-state index in [9.17, 15) is 4.79 Å². The van der Waals surface area contributed by atoms with Crippen molar-refractivity contribution in [2.24, 2.45) is 0 Å². The third-order valence-electron chi connectivity index (χ3n) is 2.37. The van der Waals surface area contributed by atoms with E-state index >= 15 is 0 Å². The van der Waals surface area contributed by atoms with Crippen molar-refractivity contribution in [3.8, 4) is 0 Å². The number of benzene rings is 2. The summed E-state index contributed by atoms with van der Waals surface area (Å²) in [5.41, 5.74) is 1.29. The zero-order chi connectivity index (χ0) is 10.8. The Bertz CT molecular complexity index is 538. The summed E-state index contributed by atoms with van der Waals surface area (Å²) in [5.74, 6) is 0. The summed E-state index contributed by atoms with van der Waals surface area (Å²) >= 11 is 3.79. The molecule has 0 bridgehead atoms. The van der Waals surface area contributed by atoms with Crippen LogP contribution in [0.3, 0.4) is 0 Å². The van der Waals surface area contributed by atoms with Gasteiger partial charge in [0.1, 0.15) is 0 Å². The lowest BCUT2D eigenvalue weighted by Crippen LogP contribution is -1.92. The number of rotatable bonds is 2. The van der Waals surface area contributed by atoms with Gasteiger partial charge in [-0.25, -0.2) is 0 Å². The summed E-state index contributed by atoms with van der Waals surface area (Å²) in [4.78, 5) is 11.2. The molecule has 2 aromatic carbocycles. The van der Waals surface area contributed by atoms with Crippen LogP contribution >= 0.6 is 12.6 Å². The summed E-state index contributed by atoms with van der Waals surface area (Å²) in [5, 5.41) is 1.85. The largest absolute Gasteiger partial charge is 0.282 e. The molecule has 0 N–H and O–H groups in total. The number of carbonyl (C=O) groups excluding carboxylic acids is 1. The summed E-state index contributed by atoms with van der Waals surface area (Å²) in [6.07, 6.45) is 0. The summed E-state index contributed by atoms with van der Waals surface area (Å²) in [6, 6.07) is 13.7. The Morgan fingerprint density at radius 3 is 2.47 bits per heavy atom. The second kappa shape index (κ2) is 3.91.